The largest absolute Gasteiger partial charge is 0.273 e. The maximum absolute atomic E-state index is 3.20. The molecule has 0 atom stereocenters. The third kappa shape index (κ3) is 16.1. The van der Waals surface area contributed by atoms with Gasteiger partial charge in [-0.05, 0) is 0 Å². The van der Waals surface area contributed by atoms with Crippen molar-refractivity contribution in [3.63, 3.8) is 0 Å². The predicted octanol–water partition coefficient (Wildman–Crippen LogP) is 5.74. The Morgan fingerprint density at radius 2 is 1.90 bits per heavy atom. The Morgan fingerprint density at radius 3 is 2.30 bits per heavy atom. The van der Waals surface area contributed by atoms with Gasteiger partial charge in [0.2, 0.25) is 0 Å². The van der Waals surface area contributed by atoms with Crippen LogP contribution in [0, 0.1) is 12.2 Å². The summed E-state index contributed by atoms with van der Waals surface area (Å²) in [6.07, 6.45) is 25.4. The van der Waals surface area contributed by atoms with Crippen molar-refractivity contribution in [1.29, 1.82) is 0 Å². The molecule has 0 aromatic heterocycles. The van der Waals surface area contributed by atoms with Crippen molar-refractivity contribution in [2.45, 2.75) is 65.0 Å². The maximum atomic E-state index is 3.20. The van der Waals surface area contributed by atoms with Crippen LogP contribution in [0.4, 0.5) is 0 Å². The fraction of sp³-hybridized carbons (Fsp3) is 0.556. The zero-order chi connectivity index (χ0) is 15.1. The molecule has 2 heteroatoms. The number of allylic oxidation sites excluding steroid dienone is 8. The van der Waals surface area contributed by atoms with Crippen LogP contribution in [0.3, 0.4) is 0 Å². The number of hydrogen-bond acceptors (Lipinski definition) is 0. The van der Waals surface area contributed by atoms with E-state index in [0.717, 1.165) is 12.8 Å². The summed E-state index contributed by atoms with van der Waals surface area (Å²) in [4.78, 5) is 0. The molecule has 0 heterocycles. The molecule has 0 bridgehead atoms. The molecular weight excluding hydrogens is 336 g/mol. The van der Waals surface area contributed by atoms with Gasteiger partial charge in [0.05, 0.1) is 0 Å². The molecule has 0 spiro atoms. The average molecular weight is 364 g/mol. The van der Waals surface area contributed by atoms with Crippen LogP contribution in [0.5, 0.6) is 0 Å². The van der Waals surface area contributed by atoms with Crippen molar-refractivity contribution in [3.8, 4) is 0 Å². The molecule has 0 aromatic carbocycles. The first-order valence-corrected chi connectivity index (χ1v) is 13.8. The minimum atomic E-state index is 0.210. The van der Waals surface area contributed by atoms with Gasteiger partial charge in [0.15, 0.2) is 0 Å². The summed E-state index contributed by atoms with van der Waals surface area (Å²) in [5.41, 5.74) is 1.71. The number of unbranched alkanes of at least 4 members (excludes halogenated alkanes) is 3. The van der Waals surface area contributed by atoms with Crippen LogP contribution < -0.4 is 0 Å². The van der Waals surface area contributed by atoms with E-state index in [4.69, 9.17) is 0 Å². The van der Waals surface area contributed by atoms with Crippen molar-refractivity contribution in [2.75, 3.05) is 0 Å². The molecule has 0 radical (unpaired) electrons. The molecule has 0 saturated heterocycles. The monoisotopic (exact) mass is 362 g/mol. The SMILES string of the molecule is CCCCCCC1=CC[C-]=C1.C[Si](C)=[Zr+2].[C-]1=CC=CC1. The minimum absolute atomic E-state index is 0.210. The van der Waals surface area contributed by atoms with Crippen LogP contribution in [-0.4, -0.2) is 5.43 Å². The molecule has 0 amide bonds. The predicted molar refractivity (Wildman–Crippen MR) is 88.3 cm³/mol. The van der Waals surface area contributed by atoms with Gasteiger partial charge in [-0.1, -0.05) is 39.0 Å². The first-order valence-electron chi connectivity index (χ1n) is 7.66. The first-order chi connectivity index (χ1) is 9.66. The first kappa shape index (κ1) is 20.1. The molecule has 0 nitrogen and oxygen atoms in total. The van der Waals surface area contributed by atoms with Gasteiger partial charge < -0.3 is 0 Å². The molecule has 2 aliphatic rings. The molecule has 0 unspecified atom stereocenters. The summed E-state index contributed by atoms with van der Waals surface area (Å²) < 4.78 is 0. The van der Waals surface area contributed by atoms with Crippen LogP contribution >= 0.6 is 0 Å². The van der Waals surface area contributed by atoms with E-state index in [1.54, 1.807) is 23.3 Å². The van der Waals surface area contributed by atoms with Gasteiger partial charge in [-0.25, -0.2) is 23.8 Å². The molecule has 2 aliphatic carbocycles. The van der Waals surface area contributed by atoms with Crippen LogP contribution in [-0.2, 0) is 23.3 Å². The standard InChI is InChI=1S/C11H17.C5H5.C2H6Si.Zr/c1-2-3-4-5-8-11-9-6-7-10-11;1-2-4-5-3-1;1-3-2;/h9-10H,2-6,8H2,1H3;1-3H,4H2;1-2H3;/q2*-1;;+2. The van der Waals surface area contributed by atoms with Crippen molar-refractivity contribution < 1.29 is 23.3 Å². The van der Waals surface area contributed by atoms with Gasteiger partial charge in [0, 0.05) is 0 Å². The molecule has 108 valence electrons. The summed E-state index contributed by atoms with van der Waals surface area (Å²) >= 11 is 1.74. The van der Waals surface area contributed by atoms with E-state index in [-0.39, 0.29) is 5.43 Å². The third-order valence-electron chi connectivity index (χ3n) is 2.67. The average Bonchev–Trinajstić information content (AvgIpc) is 3.09. The van der Waals surface area contributed by atoms with Gasteiger partial charge in [-0.3, -0.25) is 12.2 Å². The molecule has 0 fully saturated rings. The zero-order valence-electron chi connectivity index (χ0n) is 13.3. The van der Waals surface area contributed by atoms with Crippen molar-refractivity contribution in [1.82, 2.24) is 0 Å². The number of rotatable bonds is 5. The van der Waals surface area contributed by atoms with E-state index in [1.807, 2.05) is 12.2 Å². The van der Waals surface area contributed by atoms with Crippen LogP contribution in [0.25, 0.3) is 0 Å². The number of hydrogen-bond donors (Lipinski definition) is 0. The van der Waals surface area contributed by atoms with Crippen molar-refractivity contribution in [2.24, 2.45) is 0 Å². The summed E-state index contributed by atoms with van der Waals surface area (Å²) in [5, 5.41) is 0. The van der Waals surface area contributed by atoms with Gasteiger partial charge >= 0.3 is 41.9 Å². The molecule has 2 rings (SSSR count). The third-order valence-corrected chi connectivity index (χ3v) is 2.67. The van der Waals surface area contributed by atoms with E-state index in [9.17, 15) is 0 Å². The molecular formula is C18H28SiZr. The van der Waals surface area contributed by atoms with E-state index in [2.05, 4.69) is 50.4 Å². The molecule has 0 aliphatic heterocycles. The Labute approximate surface area is 141 Å². The van der Waals surface area contributed by atoms with Crippen LogP contribution in [0.15, 0.2) is 36.0 Å². The summed E-state index contributed by atoms with van der Waals surface area (Å²) in [6.45, 7) is 6.87. The van der Waals surface area contributed by atoms with E-state index >= 15 is 0 Å². The summed E-state index contributed by atoms with van der Waals surface area (Å²) in [7, 11) is 0. The van der Waals surface area contributed by atoms with Gasteiger partial charge in [0.25, 0.3) is 0 Å². The molecule has 0 aromatic rings. The Kier molecular flexibility index (Phi) is 15.5. The smallest absolute Gasteiger partial charge is 0.109 e. The van der Waals surface area contributed by atoms with Crippen LogP contribution in [0.2, 0.25) is 13.1 Å². The fourth-order valence-corrected chi connectivity index (χ4v) is 1.71. The molecule has 20 heavy (non-hydrogen) atoms. The Morgan fingerprint density at radius 1 is 1.15 bits per heavy atom. The van der Waals surface area contributed by atoms with Crippen molar-refractivity contribution in [3.05, 3.63) is 48.1 Å². The topological polar surface area (TPSA) is 0 Å². The minimum Gasteiger partial charge on any atom is -0.273 e. The van der Waals surface area contributed by atoms with E-state index in [1.165, 1.54) is 37.7 Å². The Bertz CT molecular complexity index is 348. The van der Waals surface area contributed by atoms with E-state index < -0.39 is 0 Å². The summed E-state index contributed by atoms with van der Waals surface area (Å²) in [5.74, 6) is 0. The second-order valence-electron chi connectivity index (χ2n) is 5.15. The second kappa shape index (κ2) is 15.4. The normalized spacial score (nSPS) is 14.3. The van der Waals surface area contributed by atoms with Gasteiger partial charge in [0.1, 0.15) is 0 Å². The van der Waals surface area contributed by atoms with Crippen molar-refractivity contribution >= 4 is 5.43 Å². The molecule has 0 saturated carbocycles. The molecule has 0 N–H and O–H groups in total. The Hall–Kier alpha value is 0.0600. The summed E-state index contributed by atoms with van der Waals surface area (Å²) in [6, 6.07) is 0. The maximum Gasteiger partial charge on any atom is -0.109 e. The Balaban J connectivity index is 0.000000331. The van der Waals surface area contributed by atoms with E-state index in [0.29, 0.717) is 0 Å². The second-order valence-corrected chi connectivity index (χ2v) is 14.5. The zero-order valence-corrected chi connectivity index (χ0v) is 16.8. The van der Waals surface area contributed by atoms with Gasteiger partial charge in [-0.2, -0.15) is 12.2 Å². The quantitative estimate of drug-likeness (QED) is 0.332. The van der Waals surface area contributed by atoms with Crippen LogP contribution in [0.1, 0.15) is 51.9 Å². The van der Waals surface area contributed by atoms with Gasteiger partial charge in [-0.15, -0.1) is 12.8 Å². The fourth-order valence-electron chi connectivity index (χ4n) is 1.71.